The van der Waals surface area contributed by atoms with E-state index < -0.39 is 0 Å². The second kappa shape index (κ2) is 4.37. The maximum Gasteiger partial charge on any atom is 0.0670 e. The normalized spacial score (nSPS) is 10.0. The molecule has 0 aliphatic carbocycles. The van der Waals surface area contributed by atoms with Crippen molar-refractivity contribution < 1.29 is 0 Å². The Hall–Kier alpha value is -1.47. The Labute approximate surface area is 94.7 Å². The number of halogens is 1. The van der Waals surface area contributed by atoms with E-state index in [2.05, 4.69) is 5.32 Å². The van der Waals surface area contributed by atoms with Crippen molar-refractivity contribution in [2.45, 2.75) is 6.92 Å². The topological polar surface area (TPSA) is 12.0 Å². The number of benzene rings is 2. The molecular formula is C13H12ClN. The molecule has 2 heteroatoms. The van der Waals surface area contributed by atoms with E-state index in [0.29, 0.717) is 0 Å². The van der Waals surface area contributed by atoms with Gasteiger partial charge < -0.3 is 5.32 Å². The predicted molar refractivity (Wildman–Crippen MR) is 65.9 cm³/mol. The first-order valence-corrected chi connectivity index (χ1v) is 5.22. The van der Waals surface area contributed by atoms with Gasteiger partial charge in [-0.25, -0.2) is 0 Å². The minimum absolute atomic E-state index is 0.779. The standard InChI is InChI=1S/C13H12ClN/c1-10-6-5-9-12(13(10)14)15-11-7-3-2-4-8-11/h2-9,15H,1H3. The van der Waals surface area contributed by atoms with E-state index in [0.717, 1.165) is 22.0 Å². The van der Waals surface area contributed by atoms with E-state index in [1.54, 1.807) is 0 Å². The van der Waals surface area contributed by atoms with E-state index in [4.69, 9.17) is 11.6 Å². The fraction of sp³-hybridized carbons (Fsp3) is 0.0769. The molecule has 15 heavy (non-hydrogen) atoms. The average Bonchev–Trinajstić information content (AvgIpc) is 2.26. The van der Waals surface area contributed by atoms with Crippen LogP contribution in [0, 0.1) is 6.92 Å². The van der Waals surface area contributed by atoms with Crippen LogP contribution in [0.4, 0.5) is 11.4 Å². The third-order valence-corrected chi connectivity index (χ3v) is 2.75. The summed E-state index contributed by atoms with van der Waals surface area (Å²) in [6.07, 6.45) is 0. The Morgan fingerprint density at radius 1 is 0.933 bits per heavy atom. The molecule has 0 aliphatic heterocycles. The smallest absolute Gasteiger partial charge is 0.0670 e. The van der Waals surface area contributed by atoms with E-state index >= 15 is 0 Å². The van der Waals surface area contributed by atoms with E-state index in [1.165, 1.54) is 0 Å². The van der Waals surface area contributed by atoms with Crippen LogP contribution in [-0.4, -0.2) is 0 Å². The van der Waals surface area contributed by atoms with Crippen LogP contribution in [0.3, 0.4) is 0 Å². The van der Waals surface area contributed by atoms with Crippen LogP contribution >= 0.6 is 11.6 Å². The van der Waals surface area contributed by atoms with Gasteiger partial charge in [-0.3, -0.25) is 0 Å². The largest absolute Gasteiger partial charge is 0.354 e. The summed E-state index contributed by atoms with van der Waals surface area (Å²) < 4.78 is 0. The summed E-state index contributed by atoms with van der Waals surface area (Å²) in [4.78, 5) is 0. The molecule has 1 N–H and O–H groups in total. The summed E-state index contributed by atoms with van der Waals surface area (Å²) in [6, 6.07) is 16.0. The Morgan fingerprint density at radius 2 is 1.67 bits per heavy atom. The van der Waals surface area contributed by atoms with Gasteiger partial charge in [0.2, 0.25) is 0 Å². The Kier molecular flexibility index (Phi) is 2.93. The second-order valence-corrected chi connectivity index (χ2v) is 3.81. The van der Waals surface area contributed by atoms with E-state index in [1.807, 2.05) is 55.5 Å². The first-order valence-electron chi connectivity index (χ1n) is 4.84. The number of hydrogen-bond donors (Lipinski definition) is 1. The lowest BCUT2D eigenvalue weighted by molar-refractivity contribution is 1.45. The monoisotopic (exact) mass is 217 g/mol. The predicted octanol–water partition coefficient (Wildman–Crippen LogP) is 4.39. The number of hydrogen-bond acceptors (Lipinski definition) is 1. The second-order valence-electron chi connectivity index (χ2n) is 3.43. The summed E-state index contributed by atoms with van der Waals surface area (Å²) >= 11 is 6.18. The maximum absolute atomic E-state index is 6.18. The zero-order valence-corrected chi connectivity index (χ0v) is 9.25. The molecule has 76 valence electrons. The van der Waals surface area contributed by atoms with Crippen molar-refractivity contribution in [2.24, 2.45) is 0 Å². The minimum Gasteiger partial charge on any atom is -0.354 e. The molecule has 2 rings (SSSR count). The minimum atomic E-state index is 0.779. The van der Waals surface area contributed by atoms with Crippen LogP contribution in [0.25, 0.3) is 0 Å². The van der Waals surface area contributed by atoms with Gasteiger partial charge in [0.15, 0.2) is 0 Å². The van der Waals surface area contributed by atoms with Gasteiger partial charge in [0, 0.05) is 5.69 Å². The van der Waals surface area contributed by atoms with Crippen LogP contribution in [0.1, 0.15) is 5.56 Å². The number of anilines is 2. The highest BCUT2D eigenvalue weighted by Gasteiger charge is 2.01. The summed E-state index contributed by atoms with van der Waals surface area (Å²) in [5.41, 5.74) is 3.07. The van der Waals surface area contributed by atoms with Gasteiger partial charge in [0.05, 0.1) is 10.7 Å². The van der Waals surface area contributed by atoms with Crippen molar-refractivity contribution in [3.8, 4) is 0 Å². The highest BCUT2D eigenvalue weighted by Crippen LogP contribution is 2.27. The van der Waals surface area contributed by atoms with Gasteiger partial charge in [-0.1, -0.05) is 41.9 Å². The third kappa shape index (κ3) is 2.31. The zero-order chi connectivity index (χ0) is 10.7. The van der Waals surface area contributed by atoms with Gasteiger partial charge in [-0.15, -0.1) is 0 Å². The number of nitrogens with one attached hydrogen (secondary N) is 1. The van der Waals surface area contributed by atoms with Crippen LogP contribution < -0.4 is 5.32 Å². The van der Waals surface area contributed by atoms with Crippen LogP contribution in [0.15, 0.2) is 48.5 Å². The molecule has 0 spiro atoms. The highest BCUT2D eigenvalue weighted by atomic mass is 35.5. The van der Waals surface area contributed by atoms with E-state index in [9.17, 15) is 0 Å². The molecule has 0 atom stereocenters. The van der Waals surface area contributed by atoms with Crippen molar-refractivity contribution in [1.82, 2.24) is 0 Å². The molecule has 0 unspecified atom stereocenters. The highest BCUT2D eigenvalue weighted by molar-refractivity contribution is 6.34. The Balaban J connectivity index is 2.29. The molecule has 0 saturated carbocycles. The number of aryl methyl sites for hydroxylation is 1. The van der Waals surface area contributed by atoms with Crippen molar-refractivity contribution in [2.75, 3.05) is 5.32 Å². The molecule has 0 bridgehead atoms. The van der Waals surface area contributed by atoms with Crippen molar-refractivity contribution in [3.63, 3.8) is 0 Å². The molecule has 0 radical (unpaired) electrons. The maximum atomic E-state index is 6.18. The fourth-order valence-electron chi connectivity index (χ4n) is 1.42. The van der Waals surface area contributed by atoms with Crippen molar-refractivity contribution in [1.29, 1.82) is 0 Å². The van der Waals surface area contributed by atoms with E-state index in [-0.39, 0.29) is 0 Å². The van der Waals surface area contributed by atoms with Gasteiger partial charge >= 0.3 is 0 Å². The van der Waals surface area contributed by atoms with Crippen molar-refractivity contribution in [3.05, 3.63) is 59.1 Å². The van der Waals surface area contributed by atoms with Gasteiger partial charge in [0.25, 0.3) is 0 Å². The molecule has 1 nitrogen and oxygen atoms in total. The lowest BCUT2D eigenvalue weighted by Gasteiger charge is -2.09. The molecule has 2 aromatic carbocycles. The molecule has 0 fully saturated rings. The molecule has 0 heterocycles. The summed E-state index contributed by atoms with van der Waals surface area (Å²) in [7, 11) is 0. The first kappa shape index (κ1) is 10.1. The van der Waals surface area contributed by atoms with Crippen LogP contribution in [-0.2, 0) is 0 Å². The van der Waals surface area contributed by atoms with Crippen LogP contribution in [0.5, 0.6) is 0 Å². The molecule has 0 saturated heterocycles. The van der Waals surface area contributed by atoms with Crippen molar-refractivity contribution >= 4 is 23.0 Å². The first-order chi connectivity index (χ1) is 7.27. The lowest BCUT2D eigenvalue weighted by atomic mass is 10.2. The van der Waals surface area contributed by atoms with Crippen LogP contribution in [0.2, 0.25) is 5.02 Å². The number of para-hydroxylation sites is 1. The van der Waals surface area contributed by atoms with Gasteiger partial charge in [-0.05, 0) is 30.7 Å². The molecule has 2 aromatic rings. The van der Waals surface area contributed by atoms with Gasteiger partial charge in [0.1, 0.15) is 0 Å². The third-order valence-electron chi connectivity index (χ3n) is 2.24. The molecular weight excluding hydrogens is 206 g/mol. The SMILES string of the molecule is Cc1cccc(Nc2ccccc2)c1Cl. The summed E-state index contributed by atoms with van der Waals surface area (Å²) in [5, 5.41) is 4.06. The fourth-order valence-corrected chi connectivity index (χ4v) is 1.59. The average molecular weight is 218 g/mol. The van der Waals surface area contributed by atoms with Gasteiger partial charge in [-0.2, -0.15) is 0 Å². The lowest BCUT2D eigenvalue weighted by Crippen LogP contribution is -1.91. The number of rotatable bonds is 2. The quantitative estimate of drug-likeness (QED) is 0.787. The summed E-state index contributed by atoms with van der Waals surface area (Å²) in [6.45, 7) is 2.00. The Morgan fingerprint density at radius 3 is 2.40 bits per heavy atom. The molecule has 0 amide bonds. The molecule has 0 aromatic heterocycles. The molecule has 0 aliphatic rings. The zero-order valence-electron chi connectivity index (χ0n) is 8.50. The Bertz CT molecular complexity index is 451. The summed E-state index contributed by atoms with van der Waals surface area (Å²) in [5.74, 6) is 0.